The molecule has 0 saturated heterocycles. The molecule has 2 N–H and O–H groups in total. The highest BCUT2D eigenvalue weighted by Crippen LogP contribution is 2.21. The van der Waals surface area contributed by atoms with Crippen molar-refractivity contribution in [2.45, 2.75) is 20.5 Å². The Bertz CT molecular complexity index is 1060. The fraction of sp³-hybridized carbons (Fsp3) is 0.136. The van der Waals surface area contributed by atoms with Crippen molar-refractivity contribution < 1.29 is 4.74 Å². The second-order valence-electron chi connectivity index (χ2n) is 6.57. The van der Waals surface area contributed by atoms with Gasteiger partial charge in [0, 0.05) is 17.8 Å². The summed E-state index contributed by atoms with van der Waals surface area (Å²) < 4.78 is 5.79. The second-order valence-corrected chi connectivity index (χ2v) is 6.57. The van der Waals surface area contributed by atoms with E-state index in [1.54, 1.807) is 0 Å². The smallest absolute Gasteiger partial charge is 0.168 e. The van der Waals surface area contributed by atoms with Crippen LogP contribution in [0.4, 0.5) is 11.6 Å². The number of ether oxygens (including phenoxy) is 1. The van der Waals surface area contributed by atoms with Crippen molar-refractivity contribution in [3.8, 4) is 17.0 Å². The minimum atomic E-state index is 0.301. The quantitative estimate of drug-likeness (QED) is 0.509. The largest absolute Gasteiger partial charge is 0.486 e. The molecular formula is C22H21N5O. The zero-order valence-corrected chi connectivity index (χ0v) is 15.8. The molecule has 4 aromatic rings. The van der Waals surface area contributed by atoms with Gasteiger partial charge in [0.15, 0.2) is 11.6 Å². The van der Waals surface area contributed by atoms with Gasteiger partial charge in [-0.1, -0.05) is 48.0 Å². The Morgan fingerprint density at radius 3 is 2.46 bits per heavy atom. The van der Waals surface area contributed by atoms with Crippen LogP contribution in [-0.4, -0.2) is 20.2 Å². The number of nitrogens with zero attached hydrogens (tertiary/aromatic N) is 3. The lowest BCUT2D eigenvalue weighted by Gasteiger charge is -2.08. The summed E-state index contributed by atoms with van der Waals surface area (Å²) in [6.07, 6.45) is 0. The van der Waals surface area contributed by atoms with Gasteiger partial charge in [0.1, 0.15) is 18.2 Å². The Morgan fingerprint density at radius 2 is 1.68 bits per heavy atom. The third-order valence-corrected chi connectivity index (χ3v) is 4.21. The van der Waals surface area contributed by atoms with Gasteiger partial charge in [0.2, 0.25) is 0 Å². The third-order valence-electron chi connectivity index (χ3n) is 4.21. The number of aromatic amines is 1. The van der Waals surface area contributed by atoms with Gasteiger partial charge < -0.3 is 10.1 Å². The van der Waals surface area contributed by atoms with Gasteiger partial charge in [-0.15, -0.1) is 0 Å². The lowest BCUT2D eigenvalue weighted by molar-refractivity contribution is 0.295. The molecule has 0 amide bonds. The first-order chi connectivity index (χ1) is 13.7. The molecule has 0 atom stereocenters. The van der Waals surface area contributed by atoms with Crippen LogP contribution in [-0.2, 0) is 6.61 Å². The molecule has 6 heteroatoms. The van der Waals surface area contributed by atoms with E-state index >= 15 is 0 Å². The number of benzene rings is 2. The van der Waals surface area contributed by atoms with Crippen LogP contribution < -0.4 is 10.1 Å². The number of nitrogens with one attached hydrogen (secondary N) is 2. The SMILES string of the molecule is Cc1ccc(OCc2nc(C)cc(Nc3cc(-c4ccccc4)[nH]n3)n2)cc1. The van der Waals surface area contributed by atoms with Crippen LogP contribution in [0.5, 0.6) is 5.75 Å². The van der Waals surface area contributed by atoms with Gasteiger partial charge in [-0.2, -0.15) is 5.10 Å². The lowest BCUT2D eigenvalue weighted by atomic mass is 10.2. The summed E-state index contributed by atoms with van der Waals surface area (Å²) in [5.74, 6) is 2.79. The Morgan fingerprint density at radius 1 is 0.893 bits per heavy atom. The second kappa shape index (κ2) is 7.92. The Hall–Kier alpha value is -3.67. The normalized spacial score (nSPS) is 10.6. The van der Waals surface area contributed by atoms with Crippen LogP contribution in [0.1, 0.15) is 17.1 Å². The molecule has 28 heavy (non-hydrogen) atoms. The Labute approximate surface area is 163 Å². The van der Waals surface area contributed by atoms with E-state index in [4.69, 9.17) is 4.74 Å². The highest BCUT2D eigenvalue weighted by Gasteiger charge is 2.07. The van der Waals surface area contributed by atoms with Gasteiger partial charge in [0.25, 0.3) is 0 Å². The van der Waals surface area contributed by atoms with Gasteiger partial charge >= 0.3 is 0 Å². The molecule has 0 saturated carbocycles. The van der Waals surface area contributed by atoms with Crippen LogP contribution in [0.2, 0.25) is 0 Å². The van der Waals surface area contributed by atoms with E-state index in [1.807, 2.05) is 80.6 Å². The number of H-pyrrole nitrogens is 1. The van der Waals surface area contributed by atoms with Crippen molar-refractivity contribution in [1.29, 1.82) is 0 Å². The molecule has 140 valence electrons. The molecule has 0 fully saturated rings. The van der Waals surface area contributed by atoms with Crippen molar-refractivity contribution in [2.75, 3.05) is 5.32 Å². The third kappa shape index (κ3) is 4.35. The molecule has 2 aromatic carbocycles. The first kappa shape index (κ1) is 17.7. The van der Waals surface area contributed by atoms with Gasteiger partial charge in [-0.25, -0.2) is 9.97 Å². The lowest BCUT2D eigenvalue weighted by Crippen LogP contribution is -2.05. The van der Waals surface area contributed by atoms with Crippen molar-refractivity contribution >= 4 is 11.6 Å². The monoisotopic (exact) mass is 371 g/mol. The zero-order valence-electron chi connectivity index (χ0n) is 15.8. The minimum Gasteiger partial charge on any atom is -0.486 e. The van der Waals surface area contributed by atoms with Gasteiger partial charge in [-0.3, -0.25) is 5.10 Å². The maximum atomic E-state index is 5.79. The molecular weight excluding hydrogens is 350 g/mol. The first-order valence-corrected chi connectivity index (χ1v) is 9.07. The summed E-state index contributed by atoms with van der Waals surface area (Å²) in [4.78, 5) is 9.00. The van der Waals surface area contributed by atoms with E-state index < -0.39 is 0 Å². The summed E-state index contributed by atoms with van der Waals surface area (Å²) in [7, 11) is 0. The average Bonchev–Trinajstić information content (AvgIpc) is 3.16. The van der Waals surface area contributed by atoms with E-state index in [0.717, 1.165) is 22.7 Å². The Balaban J connectivity index is 1.46. The number of hydrogen-bond donors (Lipinski definition) is 2. The molecule has 4 rings (SSSR count). The predicted octanol–water partition coefficient (Wildman–Crippen LogP) is 4.81. The zero-order chi connectivity index (χ0) is 19.3. The number of aryl methyl sites for hydroxylation is 2. The molecule has 2 heterocycles. The maximum Gasteiger partial charge on any atom is 0.168 e. The van der Waals surface area contributed by atoms with Crippen molar-refractivity contribution in [1.82, 2.24) is 20.2 Å². The molecule has 0 radical (unpaired) electrons. The first-order valence-electron chi connectivity index (χ1n) is 9.07. The molecule has 0 bridgehead atoms. The van der Waals surface area contributed by atoms with Crippen LogP contribution in [0.25, 0.3) is 11.3 Å². The van der Waals surface area contributed by atoms with Gasteiger partial charge in [0.05, 0.1) is 5.69 Å². The fourth-order valence-electron chi connectivity index (χ4n) is 2.82. The fourth-order valence-corrected chi connectivity index (χ4v) is 2.82. The van der Waals surface area contributed by atoms with Crippen LogP contribution in [0.15, 0.2) is 66.7 Å². The van der Waals surface area contributed by atoms with Crippen LogP contribution in [0, 0.1) is 13.8 Å². The van der Waals surface area contributed by atoms with Crippen molar-refractivity contribution in [3.63, 3.8) is 0 Å². The molecule has 2 aromatic heterocycles. The number of hydrogen-bond acceptors (Lipinski definition) is 5. The molecule has 0 spiro atoms. The molecule has 0 unspecified atom stereocenters. The van der Waals surface area contributed by atoms with E-state index in [9.17, 15) is 0 Å². The van der Waals surface area contributed by atoms with E-state index in [0.29, 0.717) is 24.1 Å². The highest BCUT2D eigenvalue weighted by molar-refractivity contribution is 5.64. The summed E-state index contributed by atoms with van der Waals surface area (Å²) in [5, 5.41) is 10.6. The highest BCUT2D eigenvalue weighted by atomic mass is 16.5. The summed E-state index contributed by atoms with van der Waals surface area (Å²) in [6.45, 7) is 4.28. The van der Waals surface area contributed by atoms with Crippen LogP contribution in [0.3, 0.4) is 0 Å². The summed E-state index contributed by atoms with van der Waals surface area (Å²) in [6, 6.07) is 21.8. The van der Waals surface area contributed by atoms with Crippen LogP contribution >= 0.6 is 0 Å². The molecule has 0 aliphatic heterocycles. The number of rotatable bonds is 6. The maximum absolute atomic E-state index is 5.79. The van der Waals surface area contributed by atoms with Crippen molar-refractivity contribution in [2.24, 2.45) is 0 Å². The molecule has 0 aliphatic rings. The van der Waals surface area contributed by atoms with E-state index in [2.05, 4.69) is 25.5 Å². The summed E-state index contributed by atoms with van der Waals surface area (Å²) >= 11 is 0. The predicted molar refractivity (Wildman–Crippen MR) is 110 cm³/mol. The van der Waals surface area contributed by atoms with E-state index in [-0.39, 0.29) is 0 Å². The number of aromatic nitrogens is 4. The molecule has 6 nitrogen and oxygen atoms in total. The number of anilines is 2. The topological polar surface area (TPSA) is 75.7 Å². The van der Waals surface area contributed by atoms with E-state index in [1.165, 1.54) is 5.56 Å². The average molecular weight is 371 g/mol. The Kier molecular flexibility index (Phi) is 5.01. The van der Waals surface area contributed by atoms with Gasteiger partial charge in [-0.05, 0) is 31.5 Å². The standard InChI is InChI=1S/C22H21N5O/c1-15-8-10-18(11-9-15)28-14-22-23-16(2)12-20(25-22)24-21-13-19(26-27-21)17-6-4-3-5-7-17/h3-13H,14H2,1-2H3,(H2,23,24,25,26,27). The summed E-state index contributed by atoms with van der Waals surface area (Å²) in [5.41, 5.74) is 4.07. The van der Waals surface area contributed by atoms with Crippen molar-refractivity contribution in [3.05, 3.63) is 83.8 Å². The molecule has 0 aliphatic carbocycles. The minimum absolute atomic E-state index is 0.301.